The van der Waals surface area contributed by atoms with Crippen LogP contribution < -0.4 is 11.5 Å². The maximum absolute atomic E-state index is 13.3. The van der Waals surface area contributed by atoms with Gasteiger partial charge in [0.05, 0.1) is 16.3 Å². The molecular weight excluding hydrogens is 413 g/mol. The van der Waals surface area contributed by atoms with Gasteiger partial charge in [-0.05, 0) is 29.3 Å². The van der Waals surface area contributed by atoms with Crippen molar-refractivity contribution in [2.45, 2.75) is 6.42 Å². The Balaban J connectivity index is 2.29. The molecule has 6 nitrogen and oxygen atoms in total. The molecule has 0 unspecified atom stereocenters. The van der Waals surface area contributed by atoms with Crippen LogP contribution in [0.2, 0.25) is 5.22 Å². The first-order valence-electron chi connectivity index (χ1n) is 7.89. The Morgan fingerprint density at radius 2 is 2.00 bits per heavy atom. The third-order valence-electron chi connectivity index (χ3n) is 3.64. The number of halogens is 4. The number of hydrogen-bond acceptors (Lipinski definition) is 5. The van der Waals surface area contributed by atoms with Gasteiger partial charge in [-0.1, -0.05) is 17.7 Å². The van der Waals surface area contributed by atoms with Crippen LogP contribution in [0.5, 0.6) is 0 Å². The topological polar surface area (TPSA) is 107 Å². The maximum atomic E-state index is 13.3. The highest BCUT2D eigenvalue weighted by atomic mass is 35.5. The molecule has 2 aromatic rings. The van der Waals surface area contributed by atoms with Crippen molar-refractivity contribution in [2.75, 3.05) is 13.6 Å². The minimum Gasteiger partial charge on any atom is -0.439 e. The lowest BCUT2D eigenvalue weighted by Gasteiger charge is -2.04. The third-order valence-corrected chi connectivity index (χ3v) is 4.22. The number of benzene rings is 1. The predicted octanol–water partition coefficient (Wildman–Crippen LogP) is 3.45. The van der Waals surface area contributed by atoms with Crippen molar-refractivity contribution >= 4 is 40.5 Å². The first-order chi connectivity index (χ1) is 13.3. The number of rotatable bonds is 6. The van der Waals surface area contributed by atoms with E-state index < -0.39 is 17.5 Å². The maximum Gasteiger partial charge on any atom is 0.312 e. The van der Waals surface area contributed by atoms with E-state index in [-0.39, 0.29) is 46.0 Å². The molecule has 148 valence electrons. The average Bonchev–Trinajstić information content (AvgIpc) is 3.06. The number of nitrogens with zero attached hydrogens (tertiary/aromatic N) is 2. The number of hydrogen-bond donors (Lipinski definition) is 2. The summed E-state index contributed by atoms with van der Waals surface area (Å²) < 4.78 is 31.6. The fourth-order valence-electron chi connectivity index (χ4n) is 2.31. The molecule has 1 aromatic heterocycles. The van der Waals surface area contributed by atoms with E-state index in [4.69, 9.17) is 39.1 Å². The van der Waals surface area contributed by atoms with E-state index in [0.717, 1.165) is 18.3 Å². The molecule has 0 saturated heterocycles. The predicted molar refractivity (Wildman–Crippen MR) is 105 cm³/mol. The molecule has 0 radical (unpaired) electrons. The minimum absolute atomic E-state index is 0.0597. The zero-order valence-electron chi connectivity index (χ0n) is 14.7. The molecular formula is C18H16Cl2F2N4O2. The van der Waals surface area contributed by atoms with Crippen LogP contribution in [0.25, 0.3) is 0 Å². The molecule has 2 rings (SSSR count). The van der Waals surface area contributed by atoms with Crippen molar-refractivity contribution < 1.29 is 18.0 Å². The Morgan fingerprint density at radius 3 is 2.57 bits per heavy atom. The minimum atomic E-state index is -1.00. The van der Waals surface area contributed by atoms with Gasteiger partial charge in [0.25, 0.3) is 0 Å². The SMILES string of the molecule is CN=C(C(Cl)=CN)c1cc(C(=O)N=C(CN)Cc2ccc(F)c(F)c2)oc1Cl. The van der Waals surface area contributed by atoms with Gasteiger partial charge in [-0.2, -0.15) is 0 Å². The van der Waals surface area contributed by atoms with Gasteiger partial charge in [0, 0.05) is 38.0 Å². The molecule has 0 spiro atoms. The summed E-state index contributed by atoms with van der Waals surface area (Å²) in [6.07, 6.45) is 1.19. The standard InChI is InChI=1S/C18H16Cl2F2N4O2/c1-25-16(12(19)8-24)11-6-15(28-17(11)20)18(27)26-10(7-23)4-9-2-3-13(21)14(22)5-9/h2-3,5-6,8H,4,7,23-24H2,1H3. The average molecular weight is 429 g/mol. The van der Waals surface area contributed by atoms with Gasteiger partial charge in [0.1, 0.15) is 0 Å². The van der Waals surface area contributed by atoms with Gasteiger partial charge in [-0.3, -0.25) is 9.79 Å². The van der Waals surface area contributed by atoms with Gasteiger partial charge in [0.2, 0.25) is 5.22 Å². The van der Waals surface area contributed by atoms with Crippen LogP contribution in [0.1, 0.15) is 21.7 Å². The highest BCUT2D eigenvalue weighted by Crippen LogP contribution is 2.26. The van der Waals surface area contributed by atoms with Crippen LogP contribution in [0.3, 0.4) is 0 Å². The molecule has 1 amide bonds. The fraction of sp³-hybridized carbons (Fsp3) is 0.167. The third kappa shape index (κ3) is 5.03. The van der Waals surface area contributed by atoms with Crippen LogP contribution in [0.15, 0.2) is 49.9 Å². The Hall–Kier alpha value is -2.55. The lowest BCUT2D eigenvalue weighted by Crippen LogP contribution is -2.18. The van der Waals surface area contributed by atoms with E-state index in [9.17, 15) is 13.6 Å². The number of aliphatic imine (C=N–C) groups is 2. The second-order valence-electron chi connectivity index (χ2n) is 5.50. The van der Waals surface area contributed by atoms with E-state index in [1.165, 1.54) is 19.2 Å². The number of carbonyl (C=O) groups is 1. The van der Waals surface area contributed by atoms with E-state index >= 15 is 0 Å². The van der Waals surface area contributed by atoms with Crippen molar-refractivity contribution in [3.8, 4) is 0 Å². The fourth-order valence-corrected chi connectivity index (χ4v) is 2.73. The quantitative estimate of drug-likeness (QED) is 0.686. The van der Waals surface area contributed by atoms with Crippen molar-refractivity contribution in [3.63, 3.8) is 0 Å². The van der Waals surface area contributed by atoms with E-state index in [1.807, 2.05) is 0 Å². The molecule has 0 bridgehead atoms. The van der Waals surface area contributed by atoms with E-state index in [1.54, 1.807) is 0 Å². The Labute approximate surface area is 169 Å². The molecule has 0 saturated carbocycles. The Morgan fingerprint density at radius 1 is 1.29 bits per heavy atom. The molecule has 0 aliphatic carbocycles. The van der Waals surface area contributed by atoms with Gasteiger partial charge in [-0.15, -0.1) is 0 Å². The lowest BCUT2D eigenvalue weighted by atomic mass is 10.1. The summed E-state index contributed by atoms with van der Waals surface area (Å²) in [6, 6.07) is 4.70. The molecule has 0 fully saturated rings. The molecule has 4 N–H and O–H groups in total. The summed E-state index contributed by atoms with van der Waals surface area (Å²) in [7, 11) is 1.47. The molecule has 0 atom stereocenters. The number of furan rings is 1. The number of carbonyl (C=O) groups excluding carboxylic acids is 1. The van der Waals surface area contributed by atoms with Crippen LogP contribution in [0.4, 0.5) is 8.78 Å². The Kier molecular flexibility index (Phi) is 7.45. The Bertz CT molecular complexity index is 984. The summed E-state index contributed by atoms with van der Waals surface area (Å²) in [4.78, 5) is 20.3. The first kappa shape index (κ1) is 21.7. The van der Waals surface area contributed by atoms with Gasteiger partial charge >= 0.3 is 5.91 Å². The van der Waals surface area contributed by atoms with Crippen LogP contribution in [-0.4, -0.2) is 30.9 Å². The van der Waals surface area contributed by atoms with E-state index in [2.05, 4.69) is 9.98 Å². The summed E-state index contributed by atoms with van der Waals surface area (Å²) in [5, 5.41) is 0.00254. The van der Waals surface area contributed by atoms with E-state index in [0.29, 0.717) is 5.56 Å². The van der Waals surface area contributed by atoms with Crippen LogP contribution in [-0.2, 0) is 6.42 Å². The number of allylic oxidation sites excluding steroid dienone is 1. The van der Waals surface area contributed by atoms with Gasteiger partial charge in [0.15, 0.2) is 17.4 Å². The highest BCUT2D eigenvalue weighted by molar-refractivity contribution is 6.48. The van der Waals surface area contributed by atoms with Crippen molar-refractivity contribution in [2.24, 2.45) is 21.5 Å². The molecule has 0 aliphatic heterocycles. The molecule has 1 heterocycles. The zero-order valence-corrected chi connectivity index (χ0v) is 16.2. The second-order valence-corrected chi connectivity index (χ2v) is 6.25. The molecule has 0 aliphatic rings. The summed E-state index contributed by atoms with van der Waals surface area (Å²) in [6.45, 7) is -0.0740. The second kappa shape index (κ2) is 9.59. The van der Waals surface area contributed by atoms with Crippen molar-refractivity contribution in [1.82, 2.24) is 0 Å². The number of nitrogens with two attached hydrogens (primary N) is 2. The van der Waals surface area contributed by atoms with Gasteiger partial charge < -0.3 is 15.9 Å². The molecule has 28 heavy (non-hydrogen) atoms. The van der Waals surface area contributed by atoms with Crippen molar-refractivity contribution in [3.05, 3.63) is 69.2 Å². The first-order valence-corrected chi connectivity index (χ1v) is 8.65. The summed E-state index contributed by atoms with van der Waals surface area (Å²) in [5.41, 5.74) is 12.2. The molecule has 1 aromatic carbocycles. The summed E-state index contributed by atoms with van der Waals surface area (Å²) >= 11 is 12.0. The monoisotopic (exact) mass is 428 g/mol. The lowest BCUT2D eigenvalue weighted by molar-refractivity contribution is 0.0976. The zero-order chi connectivity index (χ0) is 20.8. The van der Waals surface area contributed by atoms with Crippen LogP contribution in [0, 0.1) is 11.6 Å². The largest absolute Gasteiger partial charge is 0.439 e. The number of amides is 1. The van der Waals surface area contributed by atoms with Crippen LogP contribution >= 0.6 is 23.2 Å². The smallest absolute Gasteiger partial charge is 0.312 e. The van der Waals surface area contributed by atoms with Crippen molar-refractivity contribution in [1.29, 1.82) is 0 Å². The normalized spacial score (nSPS) is 13.1. The summed E-state index contributed by atoms with van der Waals surface area (Å²) in [5.74, 6) is -2.89. The van der Waals surface area contributed by atoms with Gasteiger partial charge in [-0.25, -0.2) is 13.8 Å². The molecule has 10 heteroatoms. The highest BCUT2D eigenvalue weighted by Gasteiger charge is 2.20.